The van der Waals surface area contributed by atoms with Gasteiger partial charge in [0.05, 0.1) is 12.8 Å². The molecule has 5 nitrogen and oxygen atoms in total. The number of methoxy groups -OCH3 is 1. The van der Waals surface area contributed by atoms with Crippen molar-refractivity contribution < 1.29 is 14.3 Å². The van der Waals surface area contributed by atoms with E-state index in [0.717, 1.165) is 16.5 Å². The van der Waals surface area contributed by atoms with E-state index < -0.39 is 0 Å². The molecule has 0 radical (unpaired) electrons. The largest absolute Gasteiger partial charge is 0.497 e. The Morgan fingerprint density at radius 1 is 1.04 bits per heavy atom. The van der Waals surface area contributed by atoms with Crippen molar-refractivity contribution in [1.82, 2.24) is 4.98 Å². The molecule has 1 aromatic heterocycles. The first-order valence-electron chi connectivity index (χ1n) is 8.16. The lowest BCUT2D eigenvalue weighted by Crippen LogP contribution is -2.11. The molecular formula is C20H20N2O3S. The second kappa shape index (κ2) is 8.01. The molecule has 0 aliphatic heterocycles. The Bertz CT molecular complexity index is 886. The summed E-state index contributed by atoms with van der Waals surface area (Å²) in [5, 5.41) is 3.65. The van der Waals surface area contributed by atoms with Crippen molar-refractivity contribution in [3.8, 4) is 11.5 Å². The zero-order valence-corrected chi connectivity index (χ0v) is 15.7. The summed E-state index contributed by atoms with van der Waals surface area (Å²) >= 11 is 1.34. The molecule has 6 heteroatoms. The van der Waals surface area contributed by atoms with E-state index >= 15 is 0 Å². The van der Waals surface area contributed by atoms with Gasteiger partial charge in [0, 0.05) is 5.69 Å². The molecule has 0 saturated heterocycles. The van der Waals surface area contributed by atoms with Crippen molar-refractivity contribution in [2.75, 3.05) is 12.4 Å². The highest BCUT2D eigenvalue weighted by molar-refractivity contribution is 7.13. The number of thiazole rings is 1. The van der Waals surface area contributed by atoms with Crippen molar-refractivity contribution in [2.45, 2.75) is 20.5 Å². The van der Waals surface area contributed by atoms with Crippen molar-refractivity contribution in [3.63, 3.8) is 0 Å². The van der Waals surface area contributed by atoms with Crippen LogP contribution in [-0.4, -0.2) is 18.0 Å². The highest BCUT2D eigenvalue weighted by Gasteiger charge is 2.16. The third-order valence-electron chi connectivity index (χ3n) is 3.78. The minimum absolute atomic E-state index is 0.174. The molecule has 0 spiro atoms. The average Bonchev–Trinajstić information content (AvgIpc) is 3.03. The predicted octanol–water partition coefficient (Wildman–Crippen LogP) is 4.60. The molecule has 26 heavy (non-hydrogen) atoms. The van der Waals surface area contributed by atoms with Gasteiger partial charge in [-0.05, 0) is 50.2 Å². The highest BCUT2D eigenvalue weighted by Crippen LogP contribution is 2.22. The van der Waals surface area contributed by atoms with Crippen LogP contribution in [0.2, 0.25) is 0 Å². The molecule has 0 atom stereocenters. The zero-order valence-electron chi connectivity index (χ0n) is 14.9. The number of amides is 1. The number of nitrogens with zero attached hydrogens (tertiary/aromatic N) is 1. The van der Waals surface area contributed by atoms with Crippen LogP contribution in [0, 0.1) is 13.8 Å². The van der Waals surface area contributed by atoms with Gasteiger partial charge in [-0.15, -0.1) is 11.3 Å². The second-order valence-corrected chi connectivity index (χ2v) is 6.89. The fourth-order valence-electron chi connectivity index (χ4n) is 2.37. The number of anilines is 1. The molecule has 0 fully saturated rings. The van der Waals surface area contributed by atoms with E-state index in [1.165, 1.54) is 16.9 Å². The minimum Gasteiger partial charge on any atom is -0.497 e. The molecule has 0 saturated carbocycles. The van der Waals surface area contributed by atoms with Gasteiger partial charge in [0.2, 0.25) is 0 Å². The van der Waals surface area contributed by atoms with Crippen LogP contribution in [0.25, 0.3) is 0 Å². The lowest BCUT2D eigenvalue weighted by Gasteiger charge is -2.05. The Labute approximate surface area is 156 Å². The number of hydrogen-bond acceptors (Lipinski definition) is 5. The summed E-state index contributed by atoms with van der Waals surface area (Å²) in [5.41, 5.74) is 2.59. The molecule has 0 bridgehead atoms. The number of aryl methyl sites for hydroxylation is 2. The van der Waals surface area contributed by atoms with Gasteiger partial charge in [-0.2, -0.15) is 0 Å². The molecule has 1 N–H and O–H groups in total. The number of benzene rings is 2. The molecule has 1 heterocycles. The van der Waals surface area contributed by atoms with Crippen LogP contribution in [0.5, 0.6) is 11.5 Å². The number of carbonyl (C=O) groups is 1. The molecule has 3 aromatic rings. The molecule has 0 unspecified atom stereocenters. The summed E-state index contributed by atoms with van der Waals surface area (Å²) in [6.07, 6.45) is 0. The number of carbonyl (C=O) groups excluding carboxylic acids is 1. The van der Waals surface area contributed by atoms with Gasteiger partial charge in [0.25, 0.3) is 5.91 Å². The Kier molecular flexibility index (Phi) is 5.53. The maximum Gasteiger partial charge on any atom is 0.267 e. The maximum absolute atomic E-state index is 12.5. The van der Waals surface area contributed by atoms with E-state index in [1.54, 1.807) is 31.4 Å². The van der Waals surface area contributed by atoms with Gasteiger partial charge in [0.1, 0.15) is 28.0 Å². The minimum atomic E-state index is -0.174. The van der Waals surface area contributed by atoms with E-state index in [1.807, 2.05) is 38.1 Å². The lowest BCUT2D eigenvalue weighted by molar-refractivity contribution is 0.103. The summed E-state index contributed by atoms with van der Waals surface area (Å²) in [4.78, 5) is 17.5. The molecule has 0 aliphatic carbocycles. The Balaban J connectivity index is 1.64. The van der Waals surface area contributed by atoms with Crippen molar-refractivity contribution >= 4 is 22.9 Å². The highest BCUT2D eigenvalue weighted by atomic mass is 32.1. The van der Waals surface area contributed by atoms with Crippen molar-refractivity contribution in [2.24, 2.45) is 0 Å². The number of hydrogen-bond donors (Lipinski definition) is 1. The van der Waals surface area contributed by atoms with E-state index in [2.05, 4.69) is 10.3 Å². The molecular weight excluding hydrogens is 348 g/mol. The van der Waals surface area contributed by atoms with Crippen LogP contribution in [-0.2, 0) is 6.61 Å². The first-order valence-corrected chi connectivity index (χ1v) is 8.98. The third kappa shape index (κ3) is 4.40. The summed E-state index contributed by atoms with van der Waals surface area (Å²) in [5.74, 6) is 1.35. The number of ether oxygens (including phenoxy) is 2. The zero-order chi connectivity index (χ0) is 18.5. The van der Waals surface area contributed by atoms with Gasteiger partial charge in [-0.3, -0.25) is 4.79 Å². The fraction of sp³-hybridized carbons (Fsp3) is 0.200. The van der Waals surface area contributed by atoms with Crippen LogP contribution in [0.1, 0.15) is 25.9 Å². The van der Waals surface area contributed by atoms with Gasteiger partial charge >= 0.3 is 0 Å². The van der Waals surface area contributed by atoms with Crippen LogP contribution >= 0.6 is 11.3 Å². The van der Waals surface area contributed by atoms with E-state index in [-0.39, 0.29) is 5.91 Å². The van der Waals surface area contributed by atoms with E-state index in [0.29, 0.717) is 22.9 Å². The van der Waals surface area contributed by atoms with Crippen molar-refractivity contribution in [3.05, 3.63) is 69.7 Å². The first-order chi connectivity index (χ1) is 12.5. The van der Waals surface area contributed by atoms with Crippen LogP contribution in [0.4, 0.5) is 5.69 Å². The summed E-state index contributed by atoms with van der Waals surface area (Å²) in [6, 6.07) is 15.0. The van der Waals surface area contributed by atoms with Gasteiger partial charge in [-0.1, -0.05) is 17.7 Å². The quantitative estimate of drug-likeness (QED) is 0.691. The molecule has 2 aromatic carbocycles. The molecule has 0 aliphatic rings. The summed E-state index contributed by atoms with van der Waals surface area (Å²) in [6.45, 7) is 4.20. The van der Waals surface area contributed by atoms with E-state index in [4.69, 9.17) is 9.47 Å². The topological polar surface area (TPSA) is 60.5 Å². The Morgan fingerprint density at radius 3 is 2.35 bits per heavy atom. The fourth-order valence-corrected chi connectivity index (χ4v) is 3.24. The Morgan fingerprint density at radius 2 is 1.69 bits per heavy atom. The molecule has 134 valence electrons. The van der Waals surface area contributed by atoms with Crippen LogP contribution in [0.15, 0.2) is 48.5 Å². The summed E-state index contributed by atoms with van der Waals surface area (Å²) < 4.78 is 10.9. The summed E-state index contributed by atoms with van der Waals surface area (Å²) in [7, 11) is 1.61. The third-order valence-corrected chi connectivity index (χ3v) is 4.91. The monoisotopic (exact) mass is 368 g/mol. The van der Waals surface area contributed by atoms with Crippen molar-refractivity contribution in [1.29, 1.82) is 0 Å². The number of nitrogens with one attached hydrogen (secondary N) is 1. The van der Waals surface area contributed by atoms with Gasteiger partial charge in [-0.25, -0.2) is 4.98 Å². The lowest BCUT2D eigenvalue weighted by atomic mass is 10.2. The van der Waals surface area contributed by atoms with E-state index in [9.17, 15) is 4.79 Å². The first kappa shape index (κ1) is 17.9. The van der Waals surface area contributed by atoms with Gasteiger partial charge < -0.3 is 14.8 Å². The molecule has 1 amide bonds. The smallest absolute Gasteiger partial charge is 0.267 e. The number of aromatic nitrogens is 1. The molecule has 3 rings (SSSR count). The van der Waals surface area contributed by atoms with Gasteiger partial charge in [0.15, 0.2) is 0 Å². The Hall–Kier alpha value is -2.86. The predicted molar refractivity (Wildman–Crippen MR) is 103 cm³/mol. The standard InChI is InChI=1S/C20H20N2O3S/c1-13-4-8-17(9-5-13)25-12-18-21-14(2)19(26-18)20(23)22-15-6-10-16(24-3)11-7-15/h4-11H,12H2,1-3H3,(H,22,23). The average molecular weight is 368 g/mol. The van der Waals surface area contributed by atoms with Crippen LogP contribution < -0.4 is 14.8 Å². The SMILES string of the molecule is COc1ccc(NC(=O)c2sc(COc3ccc(C)cc3)nc2C)cc1. The normalized spacial score (nSPS) is 10.4. The second-order valence-electron chi connectivity index (χ2n) is 5.81. The number of rotatable bonds is 6. The van der Waals surface area contributed by atoms with Crippen LogP contribution in [0.3, 0.4) is 0 Å². The maximum atomic E-state index is 12.5.